The molecular weight excluding hydrogens is 518 g/mol. The molecule has 9 heteroatoms. The van der Waals surface area contributed by atoms with Gasteiger partial charge in [0.1, 0.15) is 21.9 Å². The quantitative estimate of drug-likeness (QED) is 0.237. The van der Waals surface area contributed by atoms with Crippen molar-refractivity contribution in [3.63, 3.8) is 0 Å². The number of halogens is 1. The molecule has 1 saturated heterocycles. The third kappa shape index (κ3) is 5.59. The van der Waals surface area contributed by atoms with Crippen LogP contribution in [0, 0.1) is 11.8 Å². The van der Waals surface area contributed by atoms with Crippen molar-refractivity contribution in [2.45, 2.75) is 50.7 Å². The van der Waals surface area contributed by atoms with Crippen molar-refractivity contribution in [3.8, 4) is 11.3 Å². The first kappa shape index (κ1) is 25.9. The molecule has 3 unspecified atom stereocenters. The Morgan fingerprint density at radius 2 is 2.08 bits per heavy atom. The minimum atomic E-state index is -0.872. The first-order chi connectivity index (χ1) is 17.4. The molecule has 2 heterocycles. The number of aliphatic hydroxyl groups excluding tert-OH is 2. The van der Waals surface area contributed by atoms with Crippen molar-refractivity contribution in [2.75, 3.05) is 19.8 Å². The van der Waals surface area contributed by atoms with Gasteiger partial charge in [-0.15, -0.1) is 0 Å². The summed E-state index contributed by atoms with van der Waals surface area (Å²) in [6, 6.07) is 9.67. The second-order valence-corrected chi connectivity index (χ2v) is 11.9. The van der Waals surface area contributed by atoms with Gasteiger partial charge in [-0.25, -0.2) is 0 Å². The fourth-order valence-corrected chi connectivity index (χ4v) is 7.04. The molecule has 2 saturated carbocycles. The van der Waals surface area contributed by atoms with E-state index >= 15 is 0 Å². The number of hydrogen-bond acceptors (Lipinski definition) is 7. The van der Waals surface area contributed by atoms with Crippen LogP contribution in [-0.2, 0) is 16.0 Å². The Balaban J connectivity index is 1.35. The molecule has 2 bridgehead atoms. The zero-order valence-electron chi connectivity index (χ0n) is 19.9. The zero-order chi connectivity index (χ0) is 25.2. The summed E-state index contributed by atoms with van der Waals surface area (Å²) in [4.78, 5) is 15.9. The standard InChI is InChI=1S/C27H30ClNO5S2/c28-20-7-5-17(6-8-20)23-12-19(2-1-9-33-15-21(31)14-30)24(34-23)13-25-26(32)29(27(35)36-25)22-11-16-3-4-18(22)10-16/h5-8,12-13,16,18,21-22,30-31H,1-4,9-11,14-15H2/b25-13+/t16?,18?,21-,22?/m1/s1. The second-order valence-electron chi connectivity index (χ2n) is 9.82. The van der Waals surface area contributed by atoms with Gasteiger partial charge >= 0.3 is 0 Å². The highest BCUT2D eigenvalue weighted by atomic mass is 35.5. The number of thioether (sulfide) groups is 1. The van der Waals surface area contributed by atoms with Gasteiger partial charge in [0.2, 0.25) is 0 Å². The summed E-state index contributed by atoms with van der Waals surface area (Å²) < 4.78 is 12.4. The number of rotatable bonds is 10. The Bertz CT molecular complexity index is 1150. The number of fused-ring (bicyclic) bond motifs is 2. The van der Waals surface area contributed by atoms with Crippen LogP contribution < -0.4 is 0 Å². The number of benzene rings is 1. The molecule has 1 aromatic carbocycles. The minimum Gasteiger partial charge on any atom is -0.456 e. The molecule has 0 radical (unpaired) electrons. The summed E-state index contributed by atoms with van der Waals surface area (Å²) >= 11 is 13.1. The molecule has 1 aromatic heterocycles. The van der Waals surface area contributed by atoms with Gasteiger partial charge in [0.15, 0.2) is 0 Å². The van der Waals surface area contributed by atoms with Crippen molar-refractivity contribution >= 4 is 51.9 Å². The molecule has 192 valence electrons. The van der Waals surface area contributed by atoms with Crippen LogP contribution in [0.4, 0.5) is 0 Å². The summed E-state index contributed by atoms with van der Waals surface area (Å²) in [6.45, 7) is 0.206. The number of nitrogens with zero attached hydrogens (tertiary/aromatic N) is 1. The fourth-order valence-electron chi connectivity index (χ4n) is 5.57. The summed E-state index contributed by atoms with van der Waals surface area (Å²) in [6.07, 6.45) is 7.07. The van der Waals surface area contributed by atoms with Crippen molar-refractivity contribution in [1.82, 2.24) is 4.90 Å². The van der Waals surface area contributed by atoms with Crippen LogP contribution in [0.1, 0.15) is 43.4 Å². The lowest BCUT2D eigenvalue weighted by molar-refractivity contribution is -0.124. The van der Waals surface area contributed by atoms with E-state index in [2.05, 4.69) is 0 Å². The smallest absolute Gasteiger partial charge is 0.266 e. The van der Waals surface area contributed by atoms with Gasteiger partial charge in [-0.1, -0.05) is 42.0 Å². The van der Waals surface area contributed by atoms with Crippen LogP contribution in [0.15, 0.2) is 39.7 Å². The second kappa shape index (κ2) is 11.4. The Labute approximate surface area is 225 Å². The van der Waals surface area contributed by atoms with Crippen LogP contribution in [0.3, 0.4) is 0 Å². The van der Waals surface area contributed by atoms with E-state index in [0.717, 1.165) is 23.5 Å². The summed E-state index contributed by atoms with van der Waals surface area (Å²) in [5.74, 6) is 2.63. The highest BCUT2D eigenvalue weighted by molar-refractivity contribution is 8.26. The maximum Gasteiger partial charge on any atom is 0.266 e. The van der Waals surface area contributed by atoms with E-state index < -0.39 is 6.10 Å². The van der Waals surface area contributed by atoms with E-state index in [1.807, 2.05) is 41.3 Å². The van der Waals surface area contributed by atoms with Crippen molar-refractivity contribution in [2.24, 2.45) is 11.8 Å². The molecule has 2 aliphatic carbocycles. The highest BCUT2D eigenvalue weighted by Crippen LogP contribution is 2.49. The highest BCUT2D eigenvalue weighted by Gasteiger charge is 2.48. The Hall–Kier alpha value is -1.68. The maximum absolute atomic E-state index is 13.4. The van der Waals surface area contributed by atoms with E-state index in [-0.39, 0.29) is 25.2 Å². The minimum absolute atomic E-state index is 0.0146. The monoisotopic (exact) mass is 547 g/mol. The number of aryl methyl sites for hydroxylation is 1. The van der Waals surface area contributed by atoms with Crippen molar-refractivity contribution in [1.29, 1.82) is 0 Å². The average molecular weight is 548 g/mol. The number of carbonyl (C=O) groups excluding carboxylic acids is 1. The molecule has 1 amide bonds. The lowest BCUT2D eigenvalue weighted by atomic mass is 9.94. The third-order valence-electron chi connectivity index (χ3n) is 7.34. The lowest BCUT2D eigenvalue weighted by Gasteiger charge is -2.30. The fraction of sp³-hybridized carbons (Fsp3) is 0.481. The molecule has 3 aliphatic rings. The van der Waals surface area contributed by atoms with Gasteiger partial charge in [-0.05, 0) is 79.8 Å². The SMILES string of the molecule is O=C1/C(=C\c2oc(-c3ccc(Cl)cc3)cc2CCCOC[C@H](O)CO)SC(=S)N1C1CC2CCC1C2. The molecule has 2 N–H and O–H groups in total. The van der Waals surface area contributed by atoms with Crippen molar-refractivity contribution < 1.29 is 24.2 Å². The predicted octanol–water partition coefficient (Wildman–Crippen LogP) is 5.29. The molecule has 4 atom stereocenters. The van der Waals surface area contributed by atoms with E-state index in [9.17, 15) is 9.90 Å². The summed E-state index contributed by atoms with van der Waals surface area (Å²) in [5.41, 5.74) is 1.87. The number of furan rings is 1. The van der Waals surface area contributed by atoms with Crippen molar-refractivity contribution in [3.05, 3.63) is 51.6 Å². The van der Waals surface area contributed by atoms with E-state index in [0.29, 0.717) is 51.1 Å². The van der Waals surface area contributed by atoms with E-state index in [1.165, 1.54) is 31.0 Å². The van der Waals surface area contributed by atoms with Gasteiger partial charge in [0.05, 0.1) is 18.1 Å². The van der Waals surface area contributed by atoms with Gasteiger partial charge < -0.3 is 19.4 Å². The van der Waals surface area contributed by atoms with Crippen LogP contribution >= 0.6 is 35.6 Å². The average Bonchev–Trinajstić information content (AvgIpc) is 3.64. The van der Waals surface area contributed by atoms with Crippen LogP contribution in [0.2, 0.25) is 5.02 Å². The molecule has 0 spiro atoms. The van der Waals surface area contributed by atoms with Gasteiger partial charge in [0.25, 0.3) is 5.91 Å². The summed E-state index contributed by atoms with van der Waals surface area (Å²) in [5, 5.41) is 19.0. The van der Waals surface area contributed by atoms with E-state index in [1.54, 1.807) is 0 Å². The Morgan fingerprint density at radius 3 is 2.78 bits per heavy atom. The normalized spacial score (nSPS) is 25.5. The number of carbonyl (C=O) groups is 1. The lowest BCUT2D eigenvalue weighted by Crippen LogP contribution is -2.41. The number of aliphatic hydroxyl groups is 2. The Morgan fingerprint density at radius 1 is 1.28 bits per heavy atom. The van der Waals surface area contributed by atoms with Crippen LogP contribution in [-0.4, -0.2) is 57.3 Å². The number of amides is 1. The molecule has 1 aliphatic heterocycles. The van der Waals surface area contributed by atoms with Crippen LogP contribution in [0.25, 0.3) is 17.4 Å². The summed E-state index contributed by atoms with van der Waals surface area (Å²) in [7, 11) is 0. The number of ether oxygens (including phenoxy) is 1. The molecule has 36 heavy (non-hydrogen) atoms. The van der Waals surface area contributed by atoms with Gasteiger partial charge in [-0.2, -0.15) is 0 Å². The largest absolute Gasteiger partial charge is 0.456 e. The predicted molar refractivity (Wildman–Crippen MR) is 146 cm³/mol. The third-order valence-corrected chi connectivity index (χ3v) is 8.93. The molecule has 2 aromatic rings. The molecule has 5 rings (SSSR count). The Kier molecular flexibility index (Phi) is 8.20. The van der Waals surface area contributed by atoms with Crippen LogP contribution in [0.5, 0.6) is 0 Å². The number of thiocarbonyl (C=S) groups is 1. The first-order valence-corrected chi connectivity index (χ1v) is 14.1. The number of hydrogen-bond donors (Lipinski definition) is 2. The van der Waals surface area contributed by atoms with E-state index in [4.69, 9.17) is 38.1 Å². The first-order valence-electron chi connectivity index (χ1n) is 12.4. The maximum atomic E-state index is 13.4. The topological polar surface area (TPSA) is 83.1 Å². The molecule has 6 nitrogen and oxygen atoms in total. The van der Waals surface area contributed by atoms with Gasteiger partial charge in [0, 0.05) is 29.3 Å². The van der Waals surface area contributed by atoms with Gasteiger partial charge in [-0.3, -0.25) is 9.69 Å². The molecule has 3 fully saturated rings. The zero-order valence-corrected chi connectivity index (χ0v) is 22.3. The molecular formula is C27H30ClNO5S2.